The van der Waals surface area contributed by atoms with Gasteiger partial charge in [-0.3, -0.25) is 9.59 Å². The van der Waals surface area contributed by atoms with Gasteiger partial charge in [0, 0.05) is 0 Å². The zero-order valence-electron chi connectivity index (χ0n) is 25.6. The van der Waals surface area contributed by atoms with Crippen molar-refractivity contribution < 1.29 is 50.7 Å². The molecule has 0 spiro atoms. The normalized spacial score (nSPS) is 23.8. The average Bonchev–Trinajstić information content (AvgIpc) is 3.24. The van der Waals surface area contributed by atoms with Crippen LogP contribution in [0, 0.1) is 17.8 Å². The number of nitrogens with zero attached hydrogens (tertiary/aromatic N) is 1. The van der Waals surface area contributed by atoms with Crippen molar-refractivity contribution in [2.45, 2.75) is 77.1 Å². The largest absolute Gasteiger partial charge is 0.508 e. The van der Waals surface area contributed by atoms with E-state index in [1.54, 1.807) is 6.07 Å². The second kappa shape index (κ2) is 13.3. The summed E-state index contributed by atoms with van der Waals surface area (Å²) < 4.78 is 87.8. The Morgan fingerprint density at radius 3 is 2.23 bits per heavy atom. The Morgan fingerprint density at radius 1 is 1.00 bits per heavy atom. The summed E-state index contributed by atoms with van der Waals surface area (Å²) in [5, 5.41) is 20.9. The Morgan fingerprint density at radius 2 is 1.66 bits per heavy atom. The van der Waals surface area contributed by atoms with Crippen LogP contribution in [0.1, 0.15) is 69.1 Å². The Bertz CT molecular complexity index is 1590. The van der Waals surface area contributed by atoms with Gasteiger partial charge in [0.05, 0.1) is 39.8 Å². The van der Waals surface area contributed by atoms with Gasteiger partial charge < -0.3 is 14.8 Å². The molecule has 2 aromatic carbocycles. The van der Waals surface area contributed by atoms with Gasteiger partial charge in [-0.1, -0.05) is 49.1 Å². The van der Waals surface area contributed by atoms with Crippen molar-refractivity contribution in [3.63, 3.8) is 0 Å². The van der Waals surface area contributed by atoms with Crippen LogP contribution >= 0.6 is 11.6 Å². The lowest BCUT2D eigenvalue weighted by Gasteiger charge is -2.43. The van der Waals surface area contributed by atoms with E-state index in [1.165, 1.54) is 12.1 Å². The highest BCUT2D eigenvalue weighted by molar-refractivity contribution is 6.43. The number of fused-ring (bicyclic) bond motifs is 3. The minimum atomic E-state index is -5.16. The average molecular weight is 684 g/mol. The van der Waals surface area contributed by atoms with E-state index in [0.717, 1.165) is 29.6 Å². The van der Waals surface area contributed by atoms with Crippen LogP contribution in [-0.4, -0.2) is 35.2 Å². The molecule has 14 heteroatoms. The number of rotatable bonds is 8. The van der Waals surface area contributed by atoms with Crippen molar-refractivity contribution in [2.75, 3.05) is 4.90 Å². The van der Waals surface area contributed by atoms with E-state index in [4.69, 9.17) is 16.3 Å². The number of phenols is 1. The molecule has 2 amide bonds. The van der Waals surface area contributed by atoms with Gasteiger partial charge in [0.15, 0.2) is 0 Å². The molecule has 0 saturated carbocycles. The molecule has 0 radical (unpaired) electrons. The van der Waals surface area contributed by atoms with E-state index in [0.29, 0.717) is 46.9 Å². The fraction of sp³-hybridized carbons (Fsp3) is 0.455. The van der Waals surface area contributed by atoms with Crippen LogP contribution in [-0.2, 0) is 26.6 Å². The summed E-state index contributed by atoms with van der Waals surface area (Å²) >= 11 is 6.32. The van der Waals surface area contributed by atoms with Gasteiger partial charge in [-0.25, -0.2) is 4.90 Å². The molecular weight excluding hydrogens is 651 g/mol. The smallest absolute Gasteiger partial charge is 0.455 e. The van der Waals surface area contributed by atoms with E-state index < -0.39 is 72.0 Å². The van der Waals surface area contributed by atoms with Crippen molar-refractivity contribution in [3.8, 4) is 5.75 Å². The topological polar surface area (TPSA) is 87.1 Å². The zero-order valence-corrected chi connectivity index (χ0v) is 26.3. The lowest BCUT2D eigenvalue weighted by Crippen LogP contribution is -2.46. The van der Waals surface area contributed by atoms with E-state index >= 15 is 0 Å². The summed E-state index contributed by atoms with van der Waals surface area (Å²) in [6, 6.07) is 5.38. The molecule has 2 saturated heterocycles. The molecule has 0 bridgehead atoms. The van der Waals surface area contributed by atoms with Crippen LogP contribution in [0.4, 0.5) is 32.0 Å². The molecule has 2 N–H and O–H groups in total. The minimum absolute atomic E-state index is 0.0295. The third-order valence-corrected chi connectivity index (χ3v) is 9.54. The highest BCUT2D eigenvalue weighted by Gasteiger charge is 2.57. The molecule has 2 heterocycles. The molecular formula is C33H33BClF6NO5. The van der Waals surface area contributed by atoms with Crippen molar-refractivity contribution in [3.05, 3.63) is 74.8 Å². The van der Waals surface area contributed by atoms with Crippen LogP contribution < -0.4 is 4.90 Å². The predicted molar refractivity (Wildman–Crippen MR) is 164 cm³/mol. The van der Waals surface area contributed by atoms with Crippen LogP contribution in [0.25, 0.3) is 6.08 Å². The molecule has 2 aliphatic heterocycles. The number of carbonyl (C=O) groups excluding carboxylic acids is 2. The van der Waals surface area contributed by atoms with E-state index in [9.17, 15) is 46.1 Å². The van der Waals surface area contributed by atoms with Gasteiger partial charge in [0.25, 0.3) is 0 Å². The second-order valence-corrected chi connectivity index (χ2v) is 12.7. The zero-order chi connectivity index (χ0) is 34.4. The number of hydrogen-bond acceptors (Lipinski definition) is 5. The molecule has 1 aliphatic carbocycles. The first-order chi connectivity index (χ1) is 22.0. The van der Waals surface area contributed by atoms with Gasteiger partial charge in [0.2, 0.25) is 11.8 Å². The molecule has 4 atom stereocenters. The van der Waals surface area contributed by atoms with E-state index in [-0.39, 0.29) is 24.6 Å². The van der Waals surface area contributed by atoms with Crippen LogP contribution in [0.5, 0.6) is 5.75 Å². The fourth-order valence-corrected chi connectivity index (χ4v) is 7.41. The third kappa shape index (κ3) is 7.12. The summed E-state index contributed by atoms with van der Waals surface area (Å²) in [5.41, 5.74) is -0.741. The summed E-state index contributed by atoms with van der Waals surface area (Å²) in [7, 11) is -1.31. The molecule has 47 heavy (non-hydrogen) atoms. The quantitative estimate of drug-likeness (QED) is 0.126. The Hall–Kier alpha value is -3.29. The SMILES string of the molecule is CCC/C(=C\c1ccc(O)cc1Cl)CC[C@H]1OB(O)C[C@H]2C1=C(CC)C[C@H]1C(=O)N(c3cc(C(F)(F)F)cc(C(F)(F)F)c3)C(=O)[C@H]12. The van der Waals surface area contributed by atoms with Gasteiger partial charge in [-0.2, -0.15) is 26.3 Å². The van der Waals surface area contributed by atoms with Crippen molar-refractivity contribution in [2.24, 2.45) is 17.8 Å². The number of phenolic OH excluding ortho intramolecular Hbond substituents is 1. The Balaban J connectivity index is 1.47. The number of alkyl halides is 6. The first kappa shape index (κ1) is 35.0. The molecule has 252 valence electrons. The maximum absolute atomic E-state index is 13.9. The van der Waals surface area contributed by atoms with Gasteiger partial charge in [0.1, 0.15) is 5.75 Å². The number of aromatic hydroxyl groups is 1. The second-order valence-electron chi connectivity index (χ2n) is 12.2. The van der Waals surface area contributed by atoms with Gasteiger partial charge in [-0.15, -0.1) is 0 Å². The summed E-state index contributed by atoms with van der Waals surface area (Å²) in [4.78, 5) is 28.0. The minimum Gasteiger partial charge on any atom is -0.508 e. The van der Waals surface area contributed by atoms with Gasteiger partial charge >= 0.3 is 19.5 Å². The van der Waals surface area contributed by atoms with E-state index in [2.05, 4.69) is 0 Å². The van der Waals surface area contributed by atoms with Crippen molar-refractivity contribution in [1.82, 2.24) is 0 Å². The first-order valence-corrected chi connectivity index (χ1v) is 15.8. The molecule has 3 aliphatic rings. The number of halogens is 7. The predicted octanol–water partition coefficient (Wildman–Crippen LogP) is 8.46. The molecule has 2 fully saturated rings. The number of carbonyl (C=O) groups is 2. The number of hydrogen-bond donors (Lipinski definition) is 2. The third-order valence-electron chi connectivity index (χ3n) is 9.21. The number of allylic oxidation sites excluding steroid dienone is 2. The number of amides is 2. The lowest BCUT2D eigenvalue weighted by molar-refractivity contribution is -0.143. The monoisotopic (exact) mass is 683 g/mol. The Kier molecular flexibility index (Phi) is 9.93. The maximum Gasteiger partial charge on any atom is 0.455 e. The molecule has 5 rings (SSSR count). The van der Waals surface area contributed by atoms with Crippen molar-refractivity contribution in [1.29, 1.82) is 0 Å². The highest BCUT2D eigenvalue weighted by atomic mass is 35.5. The maximum atomic E-state index is 13.9. The Labute approximate surface area is 273 Å². The van der Waals surface area contributed by atoms with Gasteiger partial charge in [-0.05, 0) is 91.9 Å². The highest BCUT2D eigenvalue weighted by Crippen LogP contribution is 2.52. The summed E-state index contributed by atoms with van der Waals surface area (Å²) in [5.74, 6) is -4.52. The molecule has 6 nitrogen and oxygen atoms in total. The van der Waals surface area contributed by atoms with Crippen LogP contribution in [0.3, 0.4) is 0 Å². The van der Waals surface area contributed by atoms with Crippen LogP contribution in [0.15, 0.2) is 53.1 Å². The first-order valence-electron chi connectivity index (χ1n) is 15.4. The molecule has 0 unspecified atom stereocenters. The van der Waals surface area contributed by atoms with Crippen molar-refractivity contribution >= 4 is 42.3 Å². The van der Waals surface area contributed by atoms with Crippen LogP contribution in [0.2, 0.25) is 11.3 Å². The molecule has 2 aromatic rings. The standard InChI is InChI=1S/C33H33BClF6NO5/c1-3-5-17(10-19-7-8-23(43)15-26(19)35)6-9-27-28-18(4-2)11-24-29(25(28)16-34(46)47-27)31(45)42(30(24)44)22-13-20(32(36,37)38)12-21(14-22)33(39,40)41/h7-8,10,12-15,24-25,27,29,43,46H,3-6,9,11,16H2,1-2H3/b17-10+/t24-,25+,27-,29-/m1/s1. The number of anilines is 1. The van der Waals surface area contributed by atoms with E-state index in [1.807, 2.05) is 19.9 Å². The summed E-state index contributed by atoms with van der Waals surface area (Å²) in [6.45, 7) is 3.87. The number of imide groups is 1. The summed E-state index contributed by atoms with van der Waals surface area (Å²) in [6.07, 6.45) is -6.06. The molecule has 0 aromatic heterocycles. The number of benzene rings is 2. The lowest BCUT2D eigenvalue weighted by atomic mass is 9.58. The fourth-order valence-electron chi connectivity index (χ4n) is 7.18.